The molecule has 0 saturated heterocycles. The quantitative estimate of drug-likeness (QED) is 0.559. The fourth-order valence-electron chi connectivity index (χ4n) is 3.53. The molecule has 4 aliphatic carbocycles. The summed E-state index contributed by atoms with van der Waals surface area (Å²) in [4.78, 5) is 10.9. The van der Waals surface area contributed by atoms with Gasteiger partial charge >= 0.3 is 5.97 Å². The zero-order chi connectivity index (χ0) is 7.80. The lowest BCUT2D eigenvalue weighted by Gasteiger charge is -2.22. The summed E-state index contributed by atoms with van der Waals surface area (Å²) in [5.41, 5.74) is 5.05. The fourth-order valence-corrected chi connectivity index (χ4v) is 3.53. The Morgan fingerprint density at radius 2 is 2.00 bits per heavy atom. The van der Waals surface area contributed by atoms with E-state index in [9.17, 15) is 4.79 Å². The lowest BCUT2D eigenvalue weighted by Crippen LogP contribution is -2.51. The smallest absolute Gasteiger partial charge is 0.324 e. The molecule has 3 N–H and O–H groups in total. The van der Waals surface area contributed by atoms with E-state index in [-0.39, 0.29) is 0 Å². The average molecular weight is 153 g/mol. The van der Waals surface area contributed by atoms with E-state index in [0.717, 1.165) is 12.8 Å². The Hall–Kier alpha value is -0.570. The monoisotopic (exact) mass is 153 g/mol. The van der Waals surface area contributed by atoms with Crippen molar-refractivity contribution in [2.45, 2.75) is 18.4 Å². The Labute approximate surface area is 64.6 Å². The van der Waals surface area contributed by atoms with Gasteiger partial charge in [-0.05, 0) is 36.5 Å². The predicted octanol–water partition coefficient (Wildman–Crippen LogP) is 0.0543. The summed E-state index contributed by atoms with van der Waals surface area (Å²) in [6.45, 7) is 0. The third-order valence-corrected chi connectivity index (χ3v) is 4.04. The topological polar surface area (TPSA) is 63.3 Å². The normalized spacial score (nSPS) is 63.4. The van der Waals surface area contributed by atoms with Crippen LogP contribution in [0.5, 0.6) is 0 Å². The van der Waals surface area contributed by atoms with Gasteiger partial charge in [-0.25, -0.2) is 0 Å². The van der Waals surface area contributed by atoms with Crippen LogP contribution >= 0.6 is 0 Å². The molecular weight excluding hydrogens is 142 g/mol. The van der Waals surface area contributed by atoms with Crippen LogP contribution in [0.25, 0.3) is 0 Å². The van der Waals surface area contributed by atoms with E-state index in [1.807, 2.05) is 0 Å². The molecule has 4 saturated carbocycles. The van der Waals surface area contributed by atoms with E-state index in [2.05, 4.69) is 0 Å². The largest absolute Gasteiger partial charge is 0.480 e. The molecule has 0 aromatic carbocycles. The number of carbonyl (C=O) groups is 1. The van der Waals surface area contributed by atoms with Gasteiger partial charge in [0.1, 0.15) is 5.54 Å². The number of carboxylic acids is 1. The summed E-state index contributed by atoms with van der Waals surface area (Å²) in [7, 11) is 0. The van der Waals surface area contributed by atoms with Crippen molar-refractivity contribution in [3.05, 3.63) is 0 Å². The van der Waals surface area contributed by atoms with Crippen LogP contribution in [0, 0.1) is 23.7 Å². The predicted molar refractivity (Wildman–Crippen MR) is 37.7 cm³/mol. The molecule has 4 aliphatic rings. The maximum absolute atomic E-state index is 10.9. The van der Waals surface area contributed by atoms with E-state index in [0.29, 0.717) is 23.7 Å². The van der Waals surface area contributed by atoms with E-state index >= 15 is 0 Å². The summed E-state index contributed by atoms with van der Waals surface area (Å²) in [5, 5.41) is 8.94. The molecule has 4 bridgehead atoms. The Kier molecular flexibility index (Phi) is 0.727. The van der Waals surface area contributed by atoms with Crippen LogP contribution in [-0.2, 0) is 4.79 Å². The highest BCUT2D eigenvalue weighted by atomic mass is 16.4. The third kappa shape index (κ3) is 0.415. The molecule has 0 heterocycles. The first kappa shape index (κ1) is 6.00. The summed E-state index contributed by atoms with van der Waals surface area (Å²) < 4.78 is 0. The van der Waals surface area contributed by atoms with Gasteiger partial charge in [-0.1, -0.05) is 0 Å². The van der Waals surface area contributed by atoms with Gasteiger partial charge in [0.15, 0.2) is 0 Å². The maximum Gasteiger partial charge on any atom is 0.324 e. The van der Waals surface area contributed by atoms with Gasteiger partial charge in [0.05, 0.1) is 0 Å². The first-order valence-corrected chi connectivity index (χ1v) is 4.18. The molecule has 3 nitrogen and oxygen atoms in total. The molecule has 3 unspecified atom stereocenters. The lowest BCUT2D eigenvalue weighted by molar-refractivity contribution is -0.144. The second-order valence-corrected chi connectivity index (χ2v) is 4.26. The summed E-state index contributed by atoms with van der Waals surface area (Å²) >= 11 is 0. The second kappa shape index (κ2) is 1.33. The van der Waals surface area contributed by atoms with E-state index < -0.39 is 11.5 Å². The van der Waals surface area contributed by atoms with Gasteiger partial charge in [0.2, 0.25) is 0 Å². The summed E-state index contributed by atoms with van der Waals surface area (Å²) in [5.74, 6) is 1.22. The molecular formula is C8H11NO2. The number of nitrogens with two attached hydrogens (primary N) is 1. The second-order valence-electron chi connectivity index (χ2n) is 4.26. The van der Waals surface area contributed by atoms with Crippen molar-refractivity contribution in [3.8, 4) is 0 Å². The van der Waals surface area contributed by atoms with Crippen LogP contribution < -0.4 is 5.73 Å². The van der Waals surface area contributed by atoms with Gasteiger partial charge in [-0.2, -0.15) is 0 Å². The van der Waals surface area contributed by atoms with Gasteiger partial charge in [-0.3, -0.25) is 4.79 Å². The molecule has 0 radical (unpaired) electrons. The number of hydrogen-bond donors (Lipinski definition) is 2. The molecule has 0 aromatic rings. The number of rotatable bonds is 1. The van der Waals surface area contributed by atoms with Crippen LogP contribution in [0.3, 0.4) is 0 Å². The molecule has 0 spiro atoms. The lowest BCUT2D eigenvalue weighted by atomic mass is 9.90. The van der Waals surface area contributed by atoms with E-state index in [1.54, 1.807) is 0 Å². The Bertz CT molecular complexity index is 236. The number of aliphatic carboxylic acids is 1. The van der Waals surface area contributed by atoms with Crippen molar-refractivity contribution in [2.75, 3.05) is 0 Å². The molecule has 11 heavy (non-hydrogen) atoms. The molecule has 3 heteroatoms. The minimum absolute atomic E-state index is 0.292. The van der Waals surface area contributed by atoms with Crippen LogP contribution in [0.4, 0.5) is 0 Å². The minimum Gasteiger partial charge on any atom is -0.480 e. The first-order valence-electron chi connectivity index (χ1n) is 4.18. The summed E-state index contributed by atoms with van der Waals surface area (Å²) in [6, 6.07) is 0. The highest BCUT2D eigenvalue weighted by molar-refractivity contribution is 5.82. The molecule has 0 aromatic heterocycles. The molecule has 0 aliphatic heterocycles. The van der Waals surface area contributed by atoms with Gasteiger partial charge in [0, 0.05) is 0 Å². The van der Waals surface area contributed by atoms with Crippen LogP contribution in [0.2, 0.25) is 0 Å². The molecule has 5 atom stereocenters. The van der Waals surface area contributed by atoms with Crippen molar-refractivity contribution < 1.29 is 9.90 Å². The van der Waals surface area contributed by atoms with Crippen molar-refractivity contribution in [2.24, 2.45) is 29.4 Å². The zero-order valence-corrected chi connectivity index (χ0v) is 6.16. The number of carboxylic acid groups (broad SMARTS) is 1. The molecule has 4 rings (SSSR count). The van der Waals surface area contributed by atoms with E-state index in [1.165, 1.54) is 0 Å². The first-order chi connectivity index (χ1) is 5.15. The van der Waals surface area contributed by atoms with Crippen molar-refractivity contribution in [3.63, 3.8) is 0 Å². The van der Waals surface area contributed by atoms with Crippen molar-refractivity contribution >= 4 is 5.97 Å². The molecule has 0 amide bonds. The van der Waals surface area contributed by atoms with E-state index in [4.69, 9.17) is 10.8 Å². The Balaban J connectivity index is 2.07. The fraction of sp³-hybridized carbons (Fsp3) is 0.875. The van der Waals surface area contributed by atoms with Crippen molar-refractivity contribution in [1.29, 1.82) is 0 Å². The van der Waals surface area contributed by atoms with Crippen LogP contribution in [0.15, 0.2) is 0 Å². The van der Waals surface area contributed by atoms with Gasteiger partial charge in [-0.15, -0.1) is 0 Å². The molecule has 60 valence electrons. The highest BCUT2D eigenvalue weighted by Gasteiger charge is 2.77. The van der Waals surface area contributed by atoms with Crippen molar-refractivity contribution in [1.82, 2.24) is 0 Å². The Morgan fingerprint density at radius 3 is 2.18 bits per heavy atom. The van der Waals surface area contributed by atoms with Gasteiger partial charge in [0.25, 0.3) is 0 Å². The average Bonchev–Trinajstić information content (AvgIpc) is 2.34. The summed E-state index contributed by atoms with van der Waals surface area (Å²) in [6.07, 6.45) is 2.16. The Morgan fingerprint density at radius 1 is 1.45 bits per heavy atom. The number of hydrogen-bond acceptors (Lipinski definition) is 2. The standard InChI is InChI=1S/C8H11NO2/c9-8(7(10)11)3-1-4-5(2-3)6(4)8/h3-6H,1-2,9H2,(H,10,11)/t3?,4-,5?,6?,8+/m1/s1. The SMILES string of the molecule is N[C@@]1(C(=O)O)C2CC3C1[C@@H]3C2. The van der Waals surface area contributed by atoms with Crippen LogP contribution in [0.1, 0.15) is 12.8 Å². The van der Waals surface area contributed by atoms with Crippen LogP contribution in [-0.4, -0.2) is 16.6 Å². The third-order valence-electron chi connectivity index (χ3n) is 4.04. The zero-order valence-electron chi connectivity index (χ0n) is 6.16. The highest BCUT2D eigenvalue weighted by Crippen LogP contribution is 2.73. The minimum atomic E-state index is -0.824. The molecule has 4 fully saturated rings. The van der Waals surface area contributed by atoms with Gasteiger partial charge < -0.3 is 10.8 Å². The maximum atomic E-state index is 10.9.